The maximum absolute atomic E-state index is 13.1. The van der Waals surface area contributed by atoms with E-state index in [1.54, 1.807) is 24.3 Å². The van der Waals surface area contributed by atoms with Gasteiger partial charge in [-0.2, -0.15) is 0 Å². The highest BCUT2D eigenvalue weighted by molar-refractivity contribution is 5.57. The first-order chi connectivity index (χ1) is 11.5. The molecule has 0 saturated carbocycles. The molecule has 0 aliphatic rings. The second-order valence-electron chi connectivity index (χ2n) is 6.09. The van der Waals surface area contributed by atoms with E-state index < -0.39 is 0 Å². The van der Waals surface area contributed by atoms with Crippen LogP contribution in [0.25, 0.3) is 0 Å². The Labute approximate surface area is 140 Å². The van der Waals surface area contributed by atoms with E-state index in [4.69, 9.17) is 5.73 Å². The highest BCUT2D eigenvalue weighted by Crippen LogP contribution is 2.24. The van der Waals surface area contributed by atoms with E-state index in [1.807, 2.05) is 6.92 Å². The number of anilines is 1. The van der Waals surface area contributed by atoms with Crippen molar-refractivity contribution < 1.29 is 8.78 Å². The smallest absolute Gasteiger partial charge is 0.123 e. The molecule has 0 unspecified atom stereocenters. The van der Waals surface area contributed by atoms with Gasteiger partial charge >= 0.3 is 0 Å². The highest BCUT2D eigenvalue weighted by Gasteiger charge is 2.08. The number of aryl methyl sites for hydroxylation is 1. The quantitative estimate of drug-likeness (QED) is 0.669. The molecule has 0 atom stereocenters. The lowest BCUT2D eigenvalue weighted by Gasteiger charge is -2.13. The summed E-state index contributed by atoms with van der Waals surface area (Å²) in [6.07, 6.45) is 1.38. The number of benzene rings is 3. The van der Waals surface area contributed by atoms with Crippen molar-refractivity contribution in [3.63, 3.8) is 0 Å². The summed E-state index contributed by atoms with van der Waals surface area (Å²) in [4.78, 5) is 0. The van der Waals surface area contributed by atoms with Gasteiger partial charge in [-0.15, -0.1) is 0 Å². The van der Waals surface area contributed by atoms with Crippen LogP contribution >= 0.6 is 0 Å². The maximum Gasteiger partial charge on any atom is 0.123 e. The summed E-state index contributed by atoms with van der Waals surface area (Å²) in [5, 5.41) is 0. The van der Waals surface area contributed by atoms with Crippen molar-refractivity contribution in [3.8, 4) is 0 Å². The first-order valence-corrected chi connectivity index (χ1v) is 7.88. The van der Waals surface area contributed by atoms with Crippen molar-refractivity contribution in [3.05, 3.63) is 100 Å². The molecule has 0 spiro atoms. The van der Waals surface area contributed by atoms with E-state index >= 15 is 0 Å². The standard InChI is InChI=1S/C21H19F2N/c1-14-10-17(11-15-2-6-19(22)7-3-15)13-18(21(14)24)12-16-4-8-20(23)9-5-16/h2-10,13H,11-12,24H2,1H3. The topological polar surface area (TPSA) is 26.0 Å². The number of hydrogen-bond acceptors (Lipinski definition) is 1. The summed E-state index contributed by atoms with van der Waals surface area (Å²) in [5.41, 5.74) is 12.2. The largest absolute Gasteiger partial charge is 0.398 e. The Morgan fingerprint density at radius 1 is 0.708 bits per heavy atom. The zero-order chi connectivity index (χ0) is 17.1. The molecule has 122 valence electrons. The van der Waals surface area contributed by atoms with Gasteiger partial charge in [0.05, 0.1) is 0 Å². The predicted molar refractivity (Wildman–Crippen MR) is 94.0 cm³/mol. The molecule has 0 heterocycles. The van der Waals surface area contributed by atoms with Crippen molar-refractivity contribution in [1.82, 2.24) is 0 Å². The third-order valence-electron chi connectivity index (χ3n) is 4.16. The summed E-state index contributed by atoms with van der Waals surface area (Å²) in [5.74, 6) is -0.475. The van der Waals surface area contributed by atoms with Gasteiger partial charge in [0, 0.05) is 5.69 Å². The van der Waals surface area contributed by atoms with Crippen LogP contribution in [0.4, 0.5) is 14.5 Å². The minimum Gasteiger partial charge on any atom is -0.398 e. The fourth-order valence-electron chi connectivity index (χ4n) is 2.86. The Balaban J connectivity index is 1.87. The van der Waals surface area contributed by atoms with Gasteiger partial charge in [-0.3, -0.25) is 0 Å². The first-order valence-electron chi connectivity index (χ1n) is 7.88. The van der Waals surface area contributed by atoms with Crippen molar-refractivity contribution in [1.29, 1.82) is 0 Å². The molecule has 0 aliphatic carbocycles. The minimum atomic E-state index is -0.243. The summed E-state index contributed by atoms with van der Waals surface area (Å²) in [6, 6.07) is 17.1. The van der Waals surface area contributed by atoms with Crippen LogP contribution < -0.4 is 5.73 Å². The van der Waals surface area contributed by atoms with Crippen LogP contribution in [0.3, 0.4) is 0 Å². The van der Waals surface area contributed by atoms with E-state index in [0.717, 1.165) is 39.9 Å². The zero-order valence-electron chi connectivity index (χ0n) is 13.5. The second kappa shape index (κ2) is 6.83. The van der Waals surface area contributed by atoms with Crippen molar-refractivity contribution in [2.24, 2.45) is 0 Å². The van der Waals surface area contributed by atoms with Crippen LogP contribution in [0.1, 0.15) is 27.8 Å². The lowest BCUT2D eigenvalue weighted by molar-refractivity contribution is 0.627. The molecule has 3 rings (SSSR count). The van der Waals surface area contributed by atoms with Gasteiger partial charge in [-0.25, -0.2) is 8.78 Å². The molecule has 0 aromatic heterocycles. The Morgan fingerprint density at radius 2 is 1.21 bits per heavy atom. The molecule has 3 aromatic carbocycles. The Kier molecular flexibility index (Phi) is 4.61. The molecule has 0 saturated heterocycles. The maximum atomic E-state index is 13.1. The van der Waals surface area contributed by atoms with Crippen LogP contribution in [0.2, 0.25) is 0 Å². The second-order valence-corrected chi connectivity index (χ2v) is 6.09. The van der Waals surface area contributed by atoms with Crippen molar-refractivity contribution in [2.75, 3.05) is 5.73 Å². The van der Waals surface area contributed by atoms with E-state index in [1.165, 1.54) is 24.3 Å². The van der Waals surface area contributed by atoms with Gasteiger partial charge < -0.3 is 5.73 Å². The SMILES string of the molecule is Cc1cc(Cc2ccc(F)cc2)cc(Cc2ccc(F)cc2)c1N. The molecule has 1 nitrogen and oxygen atoms in total. The molecule has 0 bridgehead atoms. The van der Waals surface area contributed by atoms with Gasteiger partial charge in [-0.1, -0.05) is 36.4 Å². The molecule has 0 fully saturated rings. The minimum absolute atomic E-state index is 0.232. The van der Waals surface area contributed by atoms with Crippen LogP contribution in [0, 0.1) is 18.6 Å². The number of halogens is 2. The summed E-state index contributed by atoms with van der Waals surface area (Å²) in [7, 11) is 0. The molecular weight excluding hydrogens is 304 g/mol. The average Bonchev–Trinajstić information content (AvgIpc) is 2.56. The van der Waals surface area contributed by atoms with Crippen molar-refractivity contribution >= 4 is 5.69 Å². The number of nitrogen functional groups attached to an aromatic ring is 1. The lowest BCUT2D eigenvalue weighted by atomic mass is 9.95. The normalized spacial score (nSPS) is 10.8. The van der Waals surface area contributed by atoms with Crippen molar-refractivity contribution in [2.45, 2.75) is 19.8 Å². The van der Waals surface area contributed by atoms with Gasteiger partial charge in [-0.05, 0) is 71.8 Å². The average molecular weight is 323 g/mol. The summed E-state index contributed by atoms with van der Waals surface area (Å²) in [6.45, 7) is 1.98. The van der Waals surface area contributed by atoms with Crippen LogP contribution in [0.5, 0.6) is 0 Å². The highest BCUT2D eigenvalue weighted by atomic mass is 19.1. The lowest BCUT2D eigenvalue weighted by Crippen LogP contribution is -2.01. The first kappa shape index (κ1) is 16.2. The van der Waals surface area contributed by atoms with E-state index in [2.05, 4.69) is 12.1 Å². The monoisotopic (exact) mass is 323 g/mol. The Bertz CT molecular complexity index is 837. The zero-order valence-corrected chi connectivity index (χ0v) is 13.5. The fraction of sp³-hybridized carbons (Fsp3) is 0.143. The van der Waals surface area contributed by atoms with Crippen LogP contribution in [-0.2, 0) is 12.8 Å². The number of rotatable bonds is 4. The fourth-order valence-corrected chi connectivity index (χ4v) is 2.86. The number of hydrogen-bond donors (Lipinski definition) is 1. The summed E-state index contributed by atoms with van der Waals surface area (Å²) >= 11 is 0. The predicted octanol–water partition coefficient (Wildman–Crippen LogP) is 5.04. The van der Waals surface area contributed by atoms with Gasteiger partial charge in [0.1, 0.15) is 11.6 Å². The summed E-state index contributed by atoms with van der Waals surface area (Å²) < 4.78 is 26.1. The molecule has 24 heavy (non-hydrogen) atoms. The molecule has 2 N–H and O–H groups in total. The third-order valence-corrected chi connectivity index (χ3v) is 4.16. The third kappa shape index (κ3) is 3.80. The molecule has 0 aliphatic heterocycles. The molecule has 0 radical (unpaired) electrons. The van der Waals surface area contributed by atoms with Gasteiger partial charge in [0.15, 0.2) is 0 Å². The van der Waals surface area contributed by atoms with E-state index in [0.29, 0.717) is 6.42 Å². The Hall–Kier alpha value is -2.68. The molecule has 3 aromatic rings. The Morgan fingerprint density at radius 3 is 1.75 bits per heavy atom. The molecule has 0 amide bonds. The molecular formula is C21H19F2N. The van der Waals surface area contributed by atoms with Gasteiger partial charge in [0.2, 0.25) is 0 Å². The van der Waals surface area contributed by atoms with Gasteiger partial charge in [0.25, 0.3) is 0 Å². The van der Waals surface area contributed by atoms with E-state index in [-0.39, 0.29) is 11.6 Å². The molecule has 3 heteroatoms. The van der Waals surface area contributed by atoms with Crippen LogP contribution in [-0.4, -0.2) is 0 Å². The van der Waals surface area contributed by atoms with E-state index in [9.17, 15) is 8.78 Å². The van der Waals surface area contributed by atoms with Crippen LogP contribution in [0.15, 0.2) is 60.7 Å². The number of nitrogens with two attached hydrogens (primary N) is 1.